The average molecular weight is 1110 g/mol. The topological polar surface area (TPSA) is 351 Å². The second-order valence-corrected chi connectivity index (χ2v) is 22.5. The Morgan fingerprint density at radius 1 is 0.494 bits per heavy atom. The fourth-order valence-corrected chi connectivity index (χ4v) is 8.41. The van der Waals surface area contributed by atoms with Crippen LogP contribution in [0.1, 0.15) is 155 Å². The summed E-state index contributed by atoms with van der Waals surface area (Å²) >= 11 is 1.42. The van der Waals surface area contributed by atoms with E-state index in [1.54, 1.807) is 55.4 Å². The summed E-state index contributed by atoms with van der Waals surface area (Å²) in [7, 11) is 0. The Bertz CT molecular complexity index is 1950. The van der Waals surface area contributed by atoms with Crippen molar-refractivity contribution >= 4 is 70.7 Å². The predicted molar refractivity (Wildman–Crippen MR) is 301 cm³/mol. The fourth-order valence-electron chi connectivity index (χ4n) is 7.94. The summed E-state index contributed by atoms with van der Waals surface area (Å²) in [6.45, 7) is 24.6. The van der Waals surface area contributed by atoms with Gasteiger partial charge >= 0.3 is 0 Å². The van der Waals surface area contributed by atoms with Crippen molar-refractivity contribution < 1.29 is 53.1 Å². The van der Waals surface area contributed by atoms with E-state index in [1.807, 2.05) is 34.0 Å². The van der Waals surface area contributed by atoms with Gasteiger partial charge in [-0.25, -0.2) is 0 Å². The van der Waals surface area contributed by atoms with Crippen LogP contribution in [0.25, 0.3) is 0 Å². The smallest absolute Gasteiger partial charge is 0.268 e. The lowest BCUT2D eigenvalue weighted by Gasteiger charge is -2.31. The van der Waals surface area contributed by atoms with Crippen LogP contribution in [0.3, 0.4) is 0 Å². The molecule has 442 valence electrons. The van der Waals surface area contributed by atoms with Crippen LogP contribution < -0.4 is 59.3 Å². The van der Waals surface area contributed by atoms with Crippen LogP contribution in [-0.4, -0.2) is 144 Å². The number of allylic oxidation sites excluding steroid dienone is 1. The molecule has 11 atom stereocenters. The van der Waals surface area contributed by atoms with Gasteiger partial charge in [-0.05, 0) is 119 Å². The minimum absolute atomic E-state index is 0.0641. The van der Waals surface area contributed by atoms with Gasteiger partial charge in [0.05, 0.1) is 6.04 Å². The normalized spacial score (nSPS) is 16.1. The number of hydrogen-bond acceptors (Lipinski definition) is 14. The Labute approximate surface area is 463 Å². The van der Waals surface area contributed by atoms with E-state index < -0.39 is 131 Å². The highest BCUT2D eigenvalue weighted by Gasteiger charge is 2.38. The number of Topliss-reactive ketones (excluding diaryl/α,β-unsaturated/α-hetero) is 1. The molecule has 22 nitrogen and oxygen atoms in total. The molecular weight excluding hydrogens is 1010 g/mol. The number of carbonyl (C=O) groups is 10. The van der Waals surface area contributed by atoms with E-state index >= 15 is 0 Å². The minimum atomic E-state index is -1.37. The van der Waals surface area contributed by atoms with Crippen LogP contribution in [-0.2, 0) is 47.9 Å². The number of aliphatic hydroxyl groups is 1. The number of ketones is 1. The zero-order valence-corrected chi connectivity index (χ0v) is 49.6. The monoisotopic (exact) mass is 1110 g/mol. The maximum absolute atomic E-state index is 14.3. The Hall–Kier alpha value is -5.13. The molecule has 0 radical (unpaired) electrons. The molecule has 0 bridgehead atoms. The van der Waals surface area contributed by atoms with Gasteiger partial charge in [0.1, 0.15) is 54.1 Å². The van der Waals surface area contributed by atoms with Crippen molar-refractivity contribution in [3.05, 3.63) is 11.8 Å². The molecule has 0 aromatic rings. The van der Waals surface area contributed by atoms with Crippen molar-refractivity contribution in [2.24, 2.45) is 47.0 Å². The Morgan fingerprint density at radius 2 is 0.883 bits per heavy atom. The van der Waals surface area contributed by atoms with E-state index in [0.29, 0.717) is 50.8 Å². The van der Waals surface area contributed by atoms with Crippen LogP contribution in [0.5, 0.6) is 0 Å². The molecule has 23 heteroatoms. The van der Waals surface area contributed by atoms with E-state index in [9.17, 15) is 53.1 Å². The summed E-state index contributed by atoms with van der Waals surface area (Å²) in [5, 5.41) is 34.9. The van der Waals surface area contributed by atoms with Crippen molar-refractivity contribution in [2.75, 3.05) is 25.1 Å². The lowest BCUT2D eigenvalue weighted by molar-refractivity contribution is -0.137. The molecule has 0 rings (SSSR count). The van der Waals surface area contributed by atoms with Gasteiger partial charge in [0.25, 0.3) is 11.8 Å². The van der Waals surface area contributed by atoms with Crippen LogP contribution in [0.2, 0.25) is 0 Å². The molecule has 0 aromatic heterocycles. The van der Waals surface area contributed by atoms with E-state index in [4.69, 9.17) is 11.5 Å². The third-order valence-corrected chi connectivity index (χ3v) is 14.1. The number of rotatable bonds is 38. The Balaban J connectivity index is 6.59. The number of unbranched alkanes of at least 4 members (excludes halogenated alkanes) is 1. The van der Waals surface area contributed by atoms with Gasteiger partial charge in [-0.3, -0.25) is 47.9 Å². The number of thioether (sulfide) groups is 1. The van der Waals surface area contributed by atoms with Gasteiger partial charge in [0, 0.05) is 0 Å². The number of aliphatic hydroxyl groups excluding tert-OH is 1. The highest BCUT2D eigenvalue weighted by Crippen LogP contribution is 2.16. The second kappa shape index (κ2) is 37.6. The van der Waals surface area contributed by atoms with Gasteiger partial charge in [-0.2, -0.15) is 11.8 Å². The van der Waals surface area contributed by atoms with Crippen LogP contribution >= 0.6 is 11.8 Å². The van der Waals surface area contributed by atoms with Gasteiger partial charge in [0.2, 0.25) is 41.4 Å². The summed E-state index contributed by atoms with van der Waals surface area (Å²) in [6.07, 6.45) is 4.77. The Kier molecular flexibility index (Phi) is 35.1. The molecular formula is C54H99N11O11S. The molecule has 77 heavy (non-hydrogen) atoms. The molecule has 0 saturated carbocycles. The molecule has 9 amide bonds. The van der Waals surface area contributed by atoms with E-state index in [1.165, 1.54) is 31.7 Å². The van der Waals surface area contributed by atoms with Gasteiger partial charge in [-0.1, -0.05) is 102 Å². The maximum Gasteiger partial charge on any atom is 0.268 e. The first kappa shape index (κ1) is 71.9. The summed E-state index contributed by atoms with van der Waals surface area (Å²) in [4.78, 5) is 137. The number of amides is 9. The highest BCUT2D eigenvalue weighted by atomic mass is 32.2. The zero-order chi connectivity index (χ0) is 59.3. The third kappa shape index (κ3) is 25.9. The van der Waals surface area contributed by atoms with Crippen LogP contribution in [0.15, 0.2) is 11.8 Å². The van der Waals surface area contributed by atoms with Crippen molar-refractivity contribution in [3.63, 3.8) is 0 Å². The lowest BCUT2D eigenvalue weighted by Crippen LogP contribution is -2.62. The van der Waals surface area contributed by atoms with Crippen molar-refractivity contribution in [1.82, 2.24) is 47.9 Å². The molecule has 0 fully saturated rings. The SMILES string of the molecule is CC=C(NC(=O)[C@@H](O)[C@@H](C)CC)C(=O)NC(CCSC)C(=O)N[C@H](CCCN)C(=O)N[C@H](C(=O)N[C@H](C(=O)N[C@H](C(=O)NC(CCCCN)C(=O)N[C@H](C(=O)NC(CC(C)C)C(C)=O)C(C)C)C(C)C)C(C)C)[C@@H](C)CC. The van der Waals surface area contributed by atoms with Crippen molar-refractivity contribution in [3.8, 4) is 0 Å². The maximum atomic E-state index is 14.3. The molecule has 0 aromatic carbocycles. The first-order valence-electron chi connectivity index (χ1n) is 27.5. The first-order chi connectivity index (χ1) is 36.1. The highest BCUT2D eigenvalue weighted by molar-refractivity contribution is 7.98. The van der Waals surface area contributed by atoms with Gasteiger partial charge in [-0.15, -0.1) is 0 Å². The predicted octanol–water partition coefficient (Wildman–Crippen LogP) is 1.56. The van der Waals surface area contributed by atoms with Crippen LogP contribution in [0, 0.1) is 35.5 Å². The Morgan fingerprint density at radius 3 is 1.30 bits per heavy atom. The standard InChI is InChI=1S/C54H99N11O11S/c1-16-33(12)44(65-49(71)38(23-21-26-56)58-47(69)39(24-27-77-15)59-46(68)36(18-3)57-54(76)45(67)34(13)17-2)53(75)64-43(32(10)11)52(74)63-42(31(8)9)50(72)60-37(22-19-20-25-55)48(70)62-41(30(6)7)51(73)61-40(35(14)66)28-29(4)5/h18,29-34,37-45,67H,16-17,19-28,55-56H2,1-15H3,(H,57,76)(H,58,69)(H,59,68)(H,60,72)(H,61,73)(H,62,70)(H,63,74)(H,64,75)(H,65,71)/t33-,34-,37?,38+,39?,40?,41-,42-,43-,44-,45-/m0/s1. The summed E-state index contributed by atoms with van der Waals surface area (Å²) in [5.41, 5.74) is 11.4. The molecule has 0 saturated heterocycles. The van der Waals surface area contributed by atoms with E-state index in [2.05, 4.69) is 47.9 Å². The van der Waals surface area contributed by atoms with Gasteiger partial charge < -0.3 is 64.4 Å². The van der Waals surface area contributed by atoms with E-state index in [-0.39, 0.29) is 49.1 Å². The average Bonchev–Trinajstić information content (AvgIpc) is 3.37. The number of hydrogen-bond donors (Lipinski definition) is 12. The van der Waals surface area contributed by atoms with Crippen molar-refractivity contribution in [1.29, 1.82) is 0 Å². The number of nitrogens with one attached hydrogen (secondary N) is 9. The zero-order valence-electron chi connectivity index (χ0n) is 48.8. The third-order valence-electron chi connectivity index (χ3n) is 13.4. The first-order valence-corrected chi connectivity index (χ1v) is 28.9. The molecule has 3 unspecified atom stereocenters. The molecule has 0 aliphatic rings. The summed E-state index contributed by atoms with van der Waals surface area (Å²) in [6, 6.07) is -8.94. The van der Waals surface area contributed by atoms with Crippen LogP contribution in [0.4, 0.5) is 0 Å². The van der Waals surface area contributed by atoms with E-state index in [0.717, 1.165) is 0 Å². The minimum Gasteiger partial charge on any atom is -0.383 e. The lowest BCUT2D eigenvalue weighted by atomic mass is 9.95. The molecule has 0 aliphatic heterocycles. The molecule has 14 N–H and O–H groups in total. The summed E-state index contributed by atoms with van der Waals surface area (Å²) in [5.74, 6) is -8.27. The molecule has 0 heterocycles. The largest absolute Gasteiger partial charge is 0.383 e. The van der Waals surface area contributed by atoms with Crippen molar-refractivity contribution in [2.45, 2.75) is 209 Å². The number of nitrogens with two attached hydrogens (primary N) is 2. The summed E-state index contributed by atoms with van der Waals surface area (Å²) < 4.78 is 0. The second-order valence-electron chi connectivity index (χ2n) is 21.5. The quantitative estimate of drug-likeness (QED) is 0.0309. The fraction of sp³-hybridized carbons (Fsp3) is 0.778. The molecule has 0 aliphatic carbocycles. The molecule has 0 spiro atoms. The van der Waals surface area contributed by atoms with Gasteiger partial charge in [0.15, 0.2) is 5.78 Å². The number of carbonyl (C=O) groups excluding carboxylic acids is 10.